The lowest BCUT2D eigenvalue weighted by atomic mass is 10.0. The van der Waals surface area contributed by atoms with Gasteiger partial charge in [0.1, 0.15) is 5.82 Å². The molecule has 8 heteroatoms. The summed E-state index contributed by atoms with van der Waals surface area (Å²) in [5.74, 6) is 0.224. The number of halogens is 3. The topological polar surface area (TPSA) is 72.1 Å². The van der Waals surface area contributed by atoms with E-state index in [1.54, 1.807) is 23.1 Å². The predicted octanol–water partition coefficient (Wildman–Crippen LogP) is 6.18. The maximum atomic E-state index is 13.9. The van der Waals surface area contributed by atoms with Crippen LogP contribution in [0.2, 0.25) is 0 Å². The molecule has 2 aromatic carbocycles. The molecule has 1 aliphatic carbocycles. The fourth-order valence-electron chi connectivity index (χ4n) is 4.80. The molecule has 0 fully saturated rings. The summed E-state index contributed by atoms with van der Waals surface area (Å²) in [6.07, 6.45) is -2.09. The van der Waals surface area contributed by atoms with Gasteiger partial charge in [0.2, 0.25) is 0 Å². The van der Waals surface area contributed by atoms with E-state index in [0.29, 0.717) is 22.6 Å². The van der Waals surface area contributed by atoms with Crippen LogP contribution in [-0.2, 0) is 19.1 Å². The van der Waals surface area contributed by atoms with Crippen LogP contribution in [0.5, 0.6) is 0 Å². The third-order valence-corrected chi connectivity index (χ3v) is 6.76. The third kappa shape index (κ3) is 4.51. The number of aryl methyl sites for hydroxylation is 3. The monoisotopic (exact) mass is 490 g/mol. The smallest absolute Gasteiger partial charge is 0.383 e. The fraction of sp³-hybridized carbons (Fsp3) is 0.250. The van der Waals surface area contributed by atoms with E-state index in [4.69, 9.17) is 5.73 Å². The summed E-state index contributed by atoms with van der Waals surface area (Å²) in [6.45, 7) is 3.95. The summed E-state index contributed by atoms with van der Waals surface area (Å²) in [4.78, 5) is 24.1. The highest BCUT2D eigenvalue weighted by Crippen LogP contribution is 2.38. The van der Waals surface area contributed by atoms with Gasteiger partial charge in [-0.2, -0.15) is 13.2 Å². The van der Waals surface area contributed by atoms with Gasteiger partial charge < -0.3 is 10.6 Å². The van der Waals surface area contributed by atoms with Crippen molar-refractivity contribution in [1.82, 2.24) is 14.9 Å². The lowest BCUT2D eigenvalue weighted by Gasteiger charge is -2.30. The number of fused-ring (bicyclic) bond motifs is 2. The van der Waals surface area contributed by atoms with E-state index in [2.05, 4.69) is 28.2 Å². The van der Waals surface area contributed by atoms with Crippen LogP contribution >= 0.6 is 0 Å². The first-order chi connectivity index (χ1) is 17.1. The van der Waals surface area contributed by atoms with E-state index in [-0.39, 0.29) is 18.5 Å². The normalized spacial score (nSPS) is 15.2. The van der Waals surface area contributed by atoms with Crippen molar-refractivity contribution in [3.05, 3.63) is 99.9 Å². The Morgan fingerprint density at radius 2 is 1.89 bits per heavy atom. The Labute approximate surface area is 206 Å². The van der Waals surface area contributed by atoms with E-state index in [1.165, 1.54) is 11.6 Å². The number of rotatable bonds is 4. The molecule has 2 heterocycles. The predicted molar refractivity (Wildman–Crippen MR) is 132 cm³/mol. The molecule has 184 valence electrons. The van der Waals surface area contributed by atoms with E-state index >= 15 is 0 Å². The Morgan fingerprint density at radius 1 is 1.08 bits per heavy atom. The van der Waals surface area contributed by atoms with Crippen LogP contribution in [-0.4, -0.2) is 20.8 Å². The lowest BCUT2D eigenvalue weighted by Crippen LogP contribution is -2.34. The molecule has 0 saturated heterocycles. The van der Waals surface area contributed by atoms with Gasteiger partial charge in [-0.15, -0.1) is 0 Å². The minimum atomic E-state index is -4.47. The van der Waals surface area contributed by atoms with Crippen molar-refractivity contribution in [1.29, 1.82) is 0 Å². The summed E-state index contributed by atoms with van der Waals surface area (Å²) in [6, 6.07) is 15.5. The molecule has 5 rings (SSSR count). The average Bonchev–Trinajstić information content (AvgIpc) is 3.25. The van der Waals surface area contributed by atoms with Crippen LogP contribution < -0.4 is 5.73 Å². The number of nitrogens with zero attached hydrogens (tertiary/aromatic N) is 3. The number of hydrogen-bond donors (Lipinski definition) is 1. The molecule has 0 radical (unpaired) electrons. The zero-order chi connectivity index (χ0) is 25.6. The zero-order valence-corrected chi connectivity index (χ0v) is 19.9. The van der Waals surface area contributed by atoms with Gasteiger partial charge >= 0.3 is 6.18 Å². The molecule has 0 unspecified atom stereocenters. The van der Waals surface area contributed by atoms with Gasteiger partial charge in [0.05, 0.1) is 29.4 Å². The number of nitrogens with two attached hydrogens (primary N) is 1. The standard InChI is InChI=1S/C28H25F3N4O/c1-16-3-4-18-6-10-25(23(18)11-16)35(15-22-8-7-21(14-33-22)28(29,30)31)27(36)19-5-9-24-20(13-19)12-17(2)26(32)34-24/h3-5,7-9,11-14,25H,6,10,15H2,1-2H3,(H2,32,34)/t25-/m1/s1. The second-order valence-electron chi connectivity index (χ2n) is 9.32. The summed E-state index contributed by atoms with van der Waals surface area (Å²) < 4.78 is 39.1. The number of benzene rings is 2. The summed E-state index contributed by atoms with van der Waals surface area (Å²) in [5.41, 5.74) is 10.8. The number of pyridine rings is 2. The lowest BCUT2D eigenvalue weighted by molar-refractivity contribution is -0.137. The molecular formula is C28H25F3N4O. The van der Waals surface area contributed by atoms with Gasteiger partial charge in [-0.25, -0.2) is 4.98 Å². The first-order valence-corrected chi connectivity index (χ1v) is 11.7. The Hall–Kier alpha value is -3.94. The number of amides is 1. The quantitative estimate of drug-likeness (QED) is 0.371. The molecule has 1 atom stereocenters. The van der Waals surface area contributed by atoms with Crippen LogP contribution in [0.4, 0.5) is 19.0 Å². The SMILES string of the molecule is Cc1ccc2c(c1)[C@H](N(Cc1ccc(C(F)(F)F)cn1)C(=O)c1ccc3nc(N)c(C)cc3c1)CC2. The minimum absolute atomic E-state index is 0.0894. The van der Waals surface area contributed by atoms with Crippen molar-refractivity contribution in [2.75, 3.05) is 5.73 Å². The Morgan fingerprint density at radius 3 is 2.61 bits per heavy atom. The van der Waals surface area contributed by atoms with Crippen LogP contribution in [0.1, 0.15) is 56.3 Å². The van der Waals surface area contributed by atoms with E-state index < -0.39 is 11.7 Å². The molecule has 4 aromatic rings. The van der Waals surface area contributed by atoms with Gasteiger partial charge in [0, 0.05) is 17.1 Å². The number of aromatic nitrogens is 2. The van der Waals surface area contributed by atoms with Crippen LogP contribution in [0.25, 0.3) is 10.9 Å². The van der Waals surface area contributed by atoms with E-state index in [0.717, 1.165) is 47.2 Å². The van der Waals surface area contributed by atoms with Crippen molar-refractivity contribution in [2.24, 2.45) is 0 Å². The average molecular weight is 491 g/mol. The maximum absolute atomic E-state index is 13.9. The van der Waals surface area contributed by atoms with Crippen LogP contribution in [0.3, 0.4) is 0 Å². The molecule has 0 saturated carbocycles. The molecule has 1 amide bonds. The molecule has 2 aromatic heterocycles. The molecule has 0 bridgehead atoms. The van der Waals surface area contributed by atoms with Gasteiger partial charge in [0.15, 0.2) is 0 Å². The molecule has 2 N–H and O–H groups in total. The summed E-state index contributed by atoms with van der Waals surface area (Å²) in [5, 5.41) is 0.794. The first-order valence-electron chi connectivity index (χ1n) is 11.7. The minimum Gasteiger partial charge on any atom is -0.383 e. The number of hydrogen-bond acceptors (Lipinski definition) is 4. The number of carbonyl (C=O) groups is 1. The second-order valence-corrected chi connectivity index (χ2v) is 9.32. The van der Waals surface area contributed by atoms with Gasteiger partial charge in [0.25, 0.3) is 5.91 Å². The zero-order valence-electron chi connectivity index (χ0n) is 19.9. The molecule has 1 aliphatic rings. The number of alkyl halides is 3. The highest BCUT2D eigenvalue weighted by molar-refractivity contribution is 5.98. The molecule has 0 spiro atoms. The molecular weight excluding hydrogens is 465 g/mol. The van der Waals surface area contributed by atoms with E-state index in [9.17, 15) is 18.0 Å². The van der Waals surface area contributed by atoms with Gasteiger partial charge in [-0.05, 0) is 79.8 Å². The number of anilines is 1. The fourth-order valence-corrected chi connectivity index (χ4v) is 4.80. The van der Waals surface area contributed by atoms with Crippen molar-refractivity contribution in [3.63, 3.8) is 0 Å². The molecule has 5 nitrogen and oxygen atoms in total. The van der Waals surface area contributed by atoms with Crippen molar-refractivity contribution in [2.45, 2.75) is 45.5 Å². The number of carbonyl (C=O) groups excluding carboxylic acids is 1. The van der Waals surface area contributed by atoms with Crippen LogP contribution in [0.15, 0.2) is 60.8 Å². The first kappa shape index (κ1) is 23.8. The van der Waals surface area contributed by atoms with Crippen molar-refractivity contribution >= 4 is 22.6 Å². The van der Waals surface area contributed by atoms with Gasteiger partial charge in [-0.3, -0.25) is 9.78 Å². The van der Waals surface area contributed by atoms with E-state index in [1.807, 2.05) is 19.9 Å². The maximum Gasteiger partial charge on any atom is 0.417 e. The summed E-state index contributed by atoms with van der Waals surface area (Å²) >= 11 is 0. The van der Waals surface area contributed by atoms with Crippen LogP contribution in [0, 0.1) is 13.8 Å². The highest BCUT2D eigenvalue weighted by atomic mass is 19.4. The second kappa shape index (κ2) is 8.93. The molecule has 36 heavy (non-hydrogen) atoms. The largest absolute Gasteiger partial charge is 0.417 e. The summed E-state index contributed by atoms with van der Waals surface area (Å²) in [7, 11) is 0. The van der Waals surface area contributed by atoms with Crippen molar-refractivity contribution in [3.8, 4) is 0 Å². The Bertz CT molecular complexity index is 1460. The Balaban J connectivity index is 1.54. The Kier molecular flexibility index (Phi) is 5.90. The highest BCUT2D eigenvalue weighted by Gasteiger charge is 2.33. The third-order valence-electron chi connectivity index (χ3n) is 6.76. The van der Waals surface area contributed by atoms with Gasteiger partial charge in [-0.1, -0.05) is 23.8 Å². The van der Waals surface area contributed by atoms with Crippen molar-refractivity contribution < 1.29 is 18.0 Å². The molecule has 0 aliphatic heterocycles. The number of nitrogen functional groups attached to an aromatic ring is 1.